The van der Waals surface area contributed by atoms with Crippen molar-refractivity contribution in [3.8, 4) is 5.75 Å². The third-order valence-corrected chi connectivity index (χ3v) is 4.22. The van der Waals surface area contributed by atoms with Crippen molar-refractivity contribution < 1.29 is 9.57 Å². The van der Waals surface area contributed by atoms with Gasteiger partial charge < -0.3 is 14.1 Å². The summed E-state index contributed by atoms with van der Waals surface area (Å²) in [6.45, 7) is 3.44. The summed E-state index contributed by atoms with van der Waals surface area (Å²) in [6, 6.07) is 10.3. The van der Waals surface area contributed by atoms with Gasteiger partial charge in [-0.25, -0.2) is 5.90 Å². The van der Waals surface area contributed by atoms with E-state index in [0.717, 1.165) is 18.7 Å². The normalized spacial score (nSPS) is 11.1. The lowest BCUT2D eigenvalue weighted by atomic mass is 10.1. The average molecular weight is 311 g/mol. The highest BCUT2D eigenvalue weighted by molar-refractivity contribution is 5.87. The van der Waals surface area contributed by atoms with Crippen LogP contribution in [0.5, 0.6) is 5.75 Å². The molecular weight excluding hydrogens is 290 g/mol. The number of benzene rings is 1. The summed E-state index contributed by atoms with van der Waals surface area (Å²) in [5.41, 5.74) is 4.88. The van der Waals surface area contributed by atoms with E-state index in [0.29, 0.717) is 6.61 Å². The van der Waals surface area contributed by atoms with Crippen molar-refractivity contribution in [3.63, 3.8) is 0 Å². The Hall–Kier alpha value is -2.37. The first-order valence-electron chi connectivity index (χ1n) is 7.61. The van der Waals surface area contributed by atoms with Crippen LogP contribution in [-0.4, -0.2) is 23.3 Å². The van der Waals surface area contributed by atoms with Crippen LogP contribution in [0.1, 0.15) is 16.8 Å². The van der Waals surface area contributed by atoms with Gasteiger partial charge in [-0.3, -0.25) is 4.98 Å². The lowest BCUT2D eigenvalue weighted by Crippen LogP contribution is -2.06. The summed E-state index contributed by atoms with van der Waals surface area (Å²) in [5.74, 6) is 6.07. The molecule has 0 bridgehead atoms. The molecule has 0 aliphatic heterocycles. The van der Waals surface area contributed by atoms with Crippen molar-refractivity contribution in [2.75, 3.05) is 13.7 Å². The van der Waals surface area contributed by atoms with Crippen LogP contribution in [0.3, 0.4) is 0 Å². The van der Waals surface area contributed by atoms with Crippen molar-refractivity contribution in [1.29, 1.82) is 0 Å². The highest BCUT2D eigenvalue weighted by atomic mass is 16.6. The van der Waals surface area contributed by atoms with Crippen LogP contribution in [0.15, 0.2) is 42.7 Å². The molecule has 23 heavy (non-hydrogen) atoms. The fourth-order valence-corrected chi connectivity index (χ4v) is 3.01. The zero-order valence-electron chi connectivity index (χ0n) is 13.5. The molecule has 0 aliphatic carbocycles. The van der Waals surface area contributed by atoms with E-state index in [2.05, 4.69) is 28.6 Å². The number of pyridine rings is 1. The van der Waals surface area contributed by atoms with Crippen molar-refractivity contribution in [1.82, 2.24) is 9.55 Å². The van der Waals surface area contributed by atoms with E-state index in [4.69, 9.17) is 15.5 Å². The lowest BCUT2D eigenvalue weighted by molar-refractivity contribution is 0.141. The summed E-state index contributed by atoms with van der Waals surface area (Å²) in [7, 11) is 1.69. The molecule has 0 spiro atoms. The van der Waals surface area contributed by atoms with Crippen molar-refractivity contribution in [2.24, 2.45) is 5.90 Å². The largest absolute Gasteiger partial charge is 0.497 e. The summed E-state index contributed by atoms with van der Waals surface area (Å²) in [5, 5.41) is 1.19. The van der Waals surface area contributed by atoms with E-state index in [1.807, 2.05) is 30.6 Å². The molecule has 0 atom stereocenters. The second-order valence-corrected chi connectivity index (χ2v) is 5.51. The van der Waals surface area contributed by atoms with Crippen LogP contribution in [0.2, 0.25) is 0 Å². The molecule has 1 aromatic carbocycles. The Balaban J connectivity index is 2.11. The molecule has 0 saturated heterocycles. The zero-order valence-corrected chi connectivity index (χ0v) is 13.5. The molecular formula is C18H21N3O2. The van der Waals surface area contributed by atoms with Crippen LogP contribution < -0.4 is 10.6 Å². The average Bonchev–Trinajstić information content (AvgIpc) is 2.85. The lowest BCUT2D eigenvalue weighted by Gasteiger charge is -2.09. The number of fused-ring (bicyclic) bond motifs is 1. The Morgan fingerprint density at radius 3 is 2.65 bits per heavy atom. The van der Waals surface area contributed by atoms with Crippen LogP contribution in [0.25, 0.3) is 10.9 Å². The summed E-state index contributed by atoms with van der Waals surface area (Å²) < 4.78 is 7.69. The molecule has 3 rings (SSSR count). The molecule has 3 aromatic rings. The first-order valence-corrected chi connectivity index (χ1v) is 7.61. The predicted octanol–water partition coefficient (Wildman–Crippen LogP) is 2.83. The van der Waals surface area contributed by atoms with E-state index in [1.54, 1.807) is 7.11 Å². The minimum absolute atomic E-state index is 0.492. The number of hydrogen-bond donors (Lipinski definition) is 1. The van der Waals surface area contributed by atoms with Crippen molar-refractivity contribution >= 4 is 10.9 Å². The minimum atomic E-state index is 0.492. The maximum Gasteiger partial charge on any atom is 0.119 e. The molecule has 0 amide bonds. The van der Waals surface area contributed by atoms with Gasteiger partial charge in [0.05, 0.1) is 13.7 Å². The number of rotatable bonds is 6. The van der Waals surface area contributed by atoms with Crippen LogP contribution in [-0.2, 0) is 17.8 Å². The molecule has 0 radical (unpaired) electrons. The van der Waals surface area contributed by atoms with Crippen LogP contribution in [0.4, 0.5) is 0 Å². The van der Waals surface area contributed by atoms with E-state index in [-0.39, 0.29) is 0 Å². The smallest absolute Gasteiger partial charge is 0.119 e. The van der Waals surface area contributed by atoms with Gasteiger partial charge in [0.1, 0.15) is 5.75 Å². The van der Waals surface area contributed by atoms with Gasteiger partial charge in [0.15, 0.2) is 0 Å². The second kappa shape index (κ2) is 6.81. The Bertz CT molecular complexity index is 797. The van der Waals surface area contributed by atoms with Gasteiger partial charge in [0.2, 0.25) is 0 Å². The van der Waals surface area contributed by atoms with Crippen LogP contribution >= 0.6 is 0 Å². The van der Waals surface area contributed by atoms with Crippen molar-refractivity contribution in [2.45, 2.75) is 19.9 Å². The number of nitrogens with zero attached hydrogens (tertiary/aromatic N) is 2. The monoisotopic (exact) mass is 311 g/mol. The standard InChI is InChI=1S/C18H21N3O2/c1-13-16(7-10-23-19)17-11-15(22-2)3-4-18(17)21(13)12-14-5-8-20-9-6-14/h3-6,8-9,11H,7,10,12,19H2,1-2H3. The minimum Gasteiger partial charge on any atom is -0.497 e. The molecule has 2 heterocycles. The van der Waals surface area contributed by atoms with Gasteiger partial charge in [-0.05, 0) is 48.4 Å². The number of hydrogen-bond acceptors (Lipinski definition) is 4. The number of ether oxygens (including phenoxy) is 1. The first-order chi connectivity index (χ1) is 11.2. The topological polar surface area (TPSA) is 62.3 Å². The fraction of sp³-hybridized carbons (Fsp3) is 0.278. The first kappa shape index (κ1) is 15.5. The molecule has 5 heteroatoms. The molecule has 2 N–H and O–H groups in total. The van der Waals surface area contributed by atoms with E-state index in [9.17, 15) is 0 Å². The molecule has 0 saturated carbocycles. The van der Waals surface area contributed by atoms with Gasteiger partial charge >= 0.3 is 0 Å². The second-order valence-electron chi connectivity index (χ2n) is 5.51. The Morgan fingerprint density at radius 2 is 1.96 bits per heavy atom. The summed E-state index contributed by atoms with van der Waals surface area (Å²) in [4.78, 5) is 8.87. The van der Waals surface area contributed by atoms with Gasteiger partial charge in [0, 0.05) is 42.0 Å². The van der Waals surface area contributed by atoms with Gasteiger partial charge in [-0.15, -0.1) is 0 Å². The summed E-state index contributed by atoms with van der Waals surface area (Å²) >= 11 is 0. The number of aromatic nitrogens is 2. The highest BCUT2D eigenvalue weighted by Crippen LogP contribution is 2.30. The Kier molecular flexibility index (Phi) is 4.60. The molecule has 5 nitrogen and oxygen atoms in total. The Labute approximate surface area is 135 Å². The molecule has 2 aromatic heterocycles. The van der Waals surface area contributed by atoms with Gasteiger partial charge in [-0.1, -0.05) is 0 Å². The van der Waals surface area contributed by atoms with Gasteiger partial charge in [0.25, 0.3) is 0 Å². The summed E-state index contributed by atoms with van der Waals surface area (Å²) in [6.07, 6.45) is 4.42. The molecule has 0 fully saturated rings. The van der Waals surface area contributed by atoms with E-state index >= 15 is 0 Å². The maximum atomic E-state index is 5.38. The van der Waals surface area contributed by atoms with Gasteiger partial charge in [-0.2, -0.15) is 0 Å². The number of nitrogens with two attached hydrogens (primary N) is 1. The predicted molar refractivity (Wildman–Crippen MR) is 90.4 cm³/mol. The highest BCUT2D eigenvalue weighted by Gasteiger charge is 2.15. The zero-order chi connectivity index (χ0) is 16.2. The Morgan fingerprint density at radius 1 is 1.17 bits per heavy atom. The third-order valence-electron chi connectivity index (χ3n) is 4.22. The number of methoxy groups -OCH3 is 1. The maximum absolute atomic E-state index is 5.38. The van der Waals surface area contributed by atoms with Crippen molar-refractivity contribution in [3.05, 3.63) is 59.5 Å². The van der Waals surface area contributed by atoms with E-state index < -0.39 is 0 Å². The quantitative estimate of drug-likeness (QED) is 0.711. The molecule has 0 aliphatic rings. The van der Waals surface area contributed by atoms with Crippen LogP contribution in [0, 0.1) is 6.92 Å². The fourth-order valence-electron chi connectivity index (χ4n) is 3.01. The third kappa shape index (κ3) is 3.06. The molecule has 0 unspecified atom stereocenters. The van der Waals surface area contributed by atoms with E-state index in [1.165, 1.54) is 27.7 Å². The SMILES string of the molecule is COc1ccc2c(c1)c(CCON)c(C)n2Cc1ccncc1. The molecule has 120 valence electrons.